The summed E-state index contributed by atoms with van der Waals surface area (Å²) in [5.74, 6) is 0. The average molecular weight is 484 g/mol. The molecule has 0 aliphatic carbocycles. The molecular formula is C24H28F3NO4S. The van der Waals surface area contributed by atoms with E-state index in [1.807, 2.05) is 24.3 Å². The first-order chi connectivity index (χ1) is 15.6. The molecule has 3 unspecified atom stereocenters. The van der Waals surface area contributed by atoms with E-state index in [1.165, 1.54) is 6.07 Å². The van der Waals surface area contributed by atoms with Crippen LogP contribution in [0.3, 0.4) is 0 Å². The van der Waals surface area contributed by atoms with Gasteiger partial charge in [-0.1, -0.05) is 49.7 Å². The maximum absolute atomic E-state index is 13.5. The molecule has 3 rings (SSSR count). The average Bonchev–Trinajstić information content (AvgIpc) is 3.25. The number of ether oxygens (including phenoxy) is 1. The fourth-order valence-electron chi connectivity index (χ4n) is 4.62. The van der Waals surface area contributed by atoms with E-state index in [0.717, 1.165) is 48.6 Å². The van der Waals surface area contributed by atoms with Crippen molar-refractivity contribution < 1.29 is 31.1 Å². The maximum atomic E-state index is 13.5. The number of alkyl halides is 3. The van der Waals surface area contributed by atoms with Gasteiger partial charge in [0, 0.05) is 0 Å². The summed E-state index contributed by atoms with van der Waals surface area (Å²) in [6.45, 7) is 4.03. The standard InChI is InChI=1S/C24H28F3NO4S/c1-3-4-9-18-10-5-6-11-19(18)23(17(2)32-16-29)15-14-22(28-23)33(30,31)21-13-8-7-12-20(21)24(25,26)27/h5-8,10-13,16-17,22,28H,3-4,9,14-15H2,1-2H3. The van der Waals surface area contributed by atoms with Gasteiger partial charge in [-0.3, -0.25) is 10.1 Å². The molecule has 0 amide bonds. The molecule has 1 N–H and O–H groups in total. The third-order valence-electron chi connectivity index (χ3n) is 6.34. The van der Waals surface area contributed by atoms with Crippen molar-refractivity contribution in [2.75, 3.05) is 0 Å². The molecule has 0 spiro atoms. The number of sulfone groups is 1. The smallest absolute Gasteiger partial charge is 0.417 e. The molecule has 9 heteroatoms. The monoisotopic (exact) mass is 483 g/mol. The van der Waals surface area contributed by atoms with Gasteiger partial charge in [-0.15, -0.1) is 0 Å². The molecule has 2 aromatic rings. The van der Waals surface area contributed by atoms with Gasteiger partial charge in [0.25, 0.3) is 6.47 Å². The Labute approximate surface area is 192 Å². The third-order valence-corrected chi connectivity index (χ3v) is 8.42. The minimum absolute atomic E-state index is 0.0726. The summed E-state index contributed by atoms with van der Waals surface area (Å²) in [5, 5.41) is 1.83. The second-order valence-electron chi connectivity index (χ2n) is 8.32. The largest absolute Gasteiger partial charge is 0.463 e. The van der Waals surface area contributed by atoms with Crippen molar-refractivity contribution >= 4 is 16.3 Å². The Hall–Kier alpha value is -2.39. The number of hydrogen-bond donors (Lipinski definition) is 1. The van der Waals surface area contributed by atoms with Crippen LogP contribution in [0.5, 0.6) is 0 Å². The second kappa shape index (κ2) is 9.85. The van der Waals surface area contributed by atoms with Crippen LogP contribution in [0.25, 0.3) is 0 Å². The van der Waals surface area contributed by atoms with E-state index < -0.39 is 43.5 Å². The molecule has 0 bridgehead atoms. The Morgan fingerprint density at radius 1 is 1.18 bits per heavy atom. The quantitative estimate of drug-likeness (QED) is 0.509. The van der Waals surface area contributed by atoms with Gasteiger partial charge in [-0.2, -0.15) is 13.2 Å². The van der Waals surface area contributed by atoms with Crippen molar-refractivity contribution in [1.82, 2.24) is 5.32 Å². The first-order valence-corrected chi connectivity index (χ1v) is 12.5. The Bertz CT molecular complexity index is 1090. The summed E-state index contributed by atoms with van der Waals surface area (Å²) in [4.78, 5) is 10.4. The Morgan fingerprint density at radius 2 is 1.85 bits per heavy atom. The van der Waals surface area contributed by atoms with Crippen LogP contribution in [0.15, 0.2) is 53.4 Å². The van der Waals surface area contributed by atoms with Crippen molar-refractivity contribution in [3.05, 3.63) is 65.2 Å². The Kier molecular flexibility index (Phi) is 7.53. The summed E-state index contributed by atoms with van der Waals surface area (Å²) in [7, 11) is -4.38. The van der Waals surface area contributed by atoms with Gasteiger partial charge in [0.05, 0.1) is 16.0 Å². The summed E-state index contributed by atoms with van der Waals surface area (Å²) < 4.78 is 72.7. The van der Waals surface area contributed by atoms with Crippen molar-refractivity contribution in [3.8, 4) is 0 Å². The van der Waals surface area contributed by atoms with Crippen LogP contribution < -0.4 is 5.32 Å². The van der Waals surface area contributed by atoms with E-state index in [2.05, 4.69) is 12.2 Å². The zero-order valence-electron chi connectivity index (χ0n) is 18.6. The fourth-order valence-corrected chi connectivity index (χ4v) is 6.48. The highest BCUT2D eigenvalue weighted by molar-refractivity contribution is 7.92. The number of nitrogens with one attached hydrogen (secondary N) is 1. The van der Waals surface area contributed by atoms with E-state index in [4.69, 9.17) is 4.74 Å². The van der Waals surface area contributed by atoms with Crippen LogP contribution in [0.4, 0.5) is 13.2 Å². The van der Waals surface area contributed by atoms with Gasteiger partial charge in [0.15, 0.2) is 9.84 Å². The van der Waals surface area contributed by atoms with Crippen molar-refractivity contribution in [2.24, 2.45) is 0 Å². The first kappa shape index (κ1) is 25.2. The van der Waals surface area contributed by atoms with Crippen LogP contribution in [0, 0.1) is 0 Å². The van der Waals surface area contributed by atoms with Crippen LogP contribution in [-0.4, -0.2) is 26.4 Å². The molecule has 0 aromatic heterocycles. The minimum atomic E-state index is -4.81. The van der Waals surface area contributed by atoms with E-state index in [1.54, 1.807) is 6.92 Å². The molecular weight excluding hydrogens is 455 g/mol. The molecule has 3 atom stereocenters. The van der Waals surface area contributed by atoms with Crippen LogP contribution in [0.1, 0.15) is 56.2 Å². The molecule has 1 aliphatic rings. The Balaban J connectivity index is 2.07. The number of unbranched alkanes of at least 4 members (excludes halogenated alkanes) is 1. The van der Waals surface area contributed by atoms with Crippen molar-refractivity contribution in [3.63, 3.8) is 0 Å². The summed E-state index contributed by atoms with van der Waals surface area (Å²) in [6.07, 6.45) is -2.57. The number of carbonyl (C=O) groups excluding carboxylic acids is 1. The topological polar surface area (TPSA) is 72.5 Å². The number of aryl methyl sites for hydroxylation is 1. The van der Waals surface area contributed by atoms with Crippen molar-refractivity contribution in [2.45, 2.75) is 74.0 Å². The van der Waals surface area contributed by atoms with Crippen LogP contribution >= 0.6 is 0 Å². The molecule has 33 heavy (non-hydrogen) atoms. The Morgan fingerprint density at radius 3 is 2.52 bits per heavy atom. The summed E-state index contributed by atoms with van der Waals surface area (Å²) >= 11 is 0. The molecule has 1 saturated heterocycles. The maximum Gasteiger partial charge on any atom is 0.417 e. The molecule has 0 radical (unpaired) electrons. The van der Waals surface area contributed by atoms with Crippen molar-refractivity contribution in [1.29, 1.82) is 0 Å². The highest BCUT2D eigenvalue weighted by Gasteiger charge is 2.51. The third kappa shape index (κ3) is 4.94. The minimum Gasteiger partial charge on any atom is -0.463 e. The van der Waals surface area contributed by atoms with Gasteiger partial charge in [-0.25, -0.2) is 8.42 Å². The van der Waals surface area contributed by atoms with E-state index in [-0.39, 0.29) is 12.8 Å². The van der Waals surface area contributed by atoms with Gasteiger partial charge < -0.3 is 4.74 Å². The predicted octanol–water partition coefficient (Wildman–Crippen LogP) is 4.99. The molecule has 180 valence electrons. The van der Waals surface area contributed by atoms with Crippen LogP contribution in [-0.2, 0) is 37.5 Å². The normalized spacial score (nSPS) is 22.2. The lowest BCUT2D eigenvalue weighted by Gasteiger charge is -2.37. The molecule has 2 aromatic carbocycles. The van der Waals surface area contributed by atoms with E-state index in [9.17, 15) is 26.4 Å². The highest BCUT2D eigenvalue weighted by atomic mass is 32.2. The summed E-state index contributed by atoms with van der Waals surface area (Å²) in [5.41, 5.74) is -0.447. The molecule has 1 heterocycles. The fraction of sp³-hybridized carbons (Fsp3) is 0.458. The molecule has 5 nitrogen and oxygen atoms in total. The molecule has 0 saturated carbocycles. The summed E-state index contributed by atoms with van der Waals surface area (Å²) in [6, 6.07) is 11.7. The molecule has 1 fully saturated rings. The number of carbonyl (C=O) groups is 1. The lowest BCUT2D eigenvalue weighted by atomic mass is 9.80. The van der Waals surface area contributed by atoms with Gasteiger partial charge in [0.2, 0.25) is 0 Å². The van der Waals surface area contributed by atoms with E-state index >= 15 is 0 Å². The second-order valence-corrected chi connectivity index (χ2v) is 10.4. The number of halogens is 3. The molecule has 1 aliphatic heterocycles. The van der Waals surface area contributed by atoms with E-state index in [0.29, 0.717) is 6.47 Å². The van der Waals surface area contributed by atoms with Crippen LogP contribution in [0.2, 0.25) is 0 Å². The highest BCUT2D eigenvalue weighted by Crippen LogP contribution is 2.43. The number of benzene rings is 2. The van der Waals surface area contributed by atoms with Gasteiger partial charge in [0.1, 0.15) is 11.5 Å². The zero-order chi connectivity index (χ0) is 24.3. The number of hydrogen-bond acceptors (Lipinski definition) is 5. The SMILES string of the molecule is CCCCc1ccccc1C1(C(C)OC=O)CCC(S(=O)(=O)c2ccccc2C(F)(F)F)N1. The first-order valence-electron chi connectivity index (χ1n) is 10.9. The predicted molar refractivity (Wildman–Crippen MR) is 118 cm³/mol. The lowest BCUT2D eigenvalue weighted by molar-refractivity contribution is -0.140. The van der Waals surface area contributed by atoms with Gasteiger partial charge >= 0.3 is 6.18 Å². The lowest BCUT2D eigenvalue weighted by Crippen LogP contribution is -2.51. The van der Waals surface area contributed by atoms with Gasteiger partial charge in [-0.05, 0) is 55.9 Å². The number of rotatable bonds is 9. The zero-order valence-corrected chi connectivity index (χ0v) is 19.4.